The van der Waals surface area contributed by atoms with E-state index in [1.807, 2.05) is 0 Å². The molecule has 1 amide bonds. The Morgan fingerprint density at radius 2 is 1.94 bits per heavy atom. The number of nitrogens with one attached hydrogen (secondary N) is 2. The third-order valence-electron chi connectivity index (χ3n) is 3.43. The van der Waals surface area contributed by atoms with Gasteiger partial charge in [-0.05, 0) is 25.7 Å². The molecule has 17 heavy (non-hydrogen) atoms. The highest BCUT2D eigenvalue weighted by Gasteiger charge is 2.24. The Labute approximate surface area is 102 Å². The molecule has 1 unspecified atom stereocenters. The van der Waals surface area contributed by atoms with Crippen LogP contribution in [0.4, 0.5) is 0 Å². The molecule has 0 aliphatic heterocycles. The number of amides is 1. The van der Waals surface area contributed by atoms with Gasteiger partial charge in [0.15, 0.2) is 0 Å². The van der Waals surface area contributed by atoms with E-state index < -0.39 is 12.0 Å². The minimum absolute atomic E-state index is 0.284. The smallest absolute Gasteiger partial charge is 0.327 e. The average Bonchev–Trinajstić information content (AvgIpc) is 2.76. The molecule has 2 atom stereocenters. The predicted molar refractivity (Wildman–Crippen MR) is 64.7 cm³/mol. The second kappa shape index (κ2) is 6.59. The van der Waals surface area contributed by atoms with Crippen LogP contribution in [0.15, 0.2) is 0 Å². The van der Waals surface area contributed by atoms with Gasteiger partial charge in [0, 0.05) is 19.5 Å². The summed E-state index contributed by atoms with van der Waals surface area (Å²) in [6, 6.07) is -0.524. The number of hydrogen-bond donors (Lipinski definition) is 3. The van der Waals surface area contributed by atoms with Crippen molar-refractivity contribution in [3.63, 3.8) is 0 Å². The molecule has 0 bridgehead atoms. The maximum atomic E-state index is 10.9. The van der Waals surface area contributed by atoms with Gasteiger partial charge >= 0.3 is 5.97 Å². The average molecular weight is 242 g/mol. The molecule has 0 spiro atoms. The second-order valence-corrected chi connectivity index (χ2v) is 4.83. The molecule has 0 radical (unpaired) electrons. The van der Waals surface area contributed by atoms with Crippen molar-refractivity contribution in [3.8, 4) is 0 Å². The van der Waals surface area contributed by atoms with E-state index in [-0.39, 0.29) is 12.5 Å². The van der Waals surface area contributed by atoms with Crippen molar-refractivity contribution < 1.29 is 14.7 Å². The molecule has 5 heteroatoms. The van der Waals surface area contributed by atoms with Crippen LogP contribution in [0.2, 0.25) is 0 Å². The van der Waals surface area contributed by atoms with E-state index in [1.165, 1.54) is 32.6 Å². The van der Waals surface area contributed by atoms with E-state index >= 15 is 0 Å². The first kappa shape index (κ1) is 14.0. The van der Waals surface area contributed by atoms with Crippen LogP contribution in [0.5, 0.6) is 0 Å². The molecular weight excluding hydrogens is 220 g/mol. The standard InChI is InChI=1S/C12H22N2O3/c1-8(10-5-3-4-6-10)13-7-11(12(16)17)14-9(2)15/h8,10-11,13H,3-7H2,1-2H3,(H,14,15)(H,16,17)/t8-,11?/m1/s1. The van der Waals surface area contributed by atoms with Crippen LogP contribution in [0.25, 0.3) is 0 Å². The number of carbonyl (C=O) groups excluding carboxylic acids is 1. The zero-order valence-electron chi connectivity index (χ0n) is 10.5. The quantitative estimate of drug-likeness (QED) is 0.642. The number of rotatable bonds is 6. The summed E-state index contributed by atoms with van der Waals surface area (Å²) in [5.41, 5.74) is 0. The molecule has 1 aliphatic rings. The van der Waals surface area contributed by atoms with Crippen LogP contribution in [-0.4, -0.2) is 35.6 Å². The van der Waals surface area contributed by atoms with Crippen molar-refractivity contribution in [2.24, 2.45) is 5.92 Å². The van der Waals surface area contributed by atoms with Gasteiger partial charge in [0.05, 0.1) is 0 Å². The van der Waals surface area contributed by atoms with Gasteiger partial charge in [0.2, 0.25) is 5.91 Å². The number of aliphatic carboxylic acids is 1. The summed E-state index contributed by atoms with van der Waals surface area (Å²) in [5.74, 6) is -0.666. The Balaban J connectivity index is 2.34. The lowest BCUT2D eigenvalue weighted by Gasteiger charge is -2.22. The third-order valence-corrected chi connectivity index (χ3v) is 3.43. The van der Waals surface area contributed by atoms with Gasteiger partial charge in [0.1, 0.15) is 6.04 Å². The molecule has 0 aromatic rings. The molecular formula is C12H22N2O3. The van der Waals surface area contributed by atoms with Crippen molar-refractivity contribution >= 4 is 11.9 Å². The summed E-state index contributed by atoms with van der Waals surface area (Å²) in [4.78, 5) is 21.8. The third kappa shape index (κ3) is 4.73. The molecule has 1 aliphatic carbocycles. The van der Waals surface area contributed by atoms with Gasteiger partial charge in [-0.25, -0.2) is 4.79 Å². The van der Waals surface area contributed by atoms with Gasteiger partial charge in [0.25, 0.3) is 0 Å². The van der Waals surface area contributed by atoms with Crippen molar-refractivity contribution in [2.45, 2.75) is 51.6 Å². The van der Waals surface area contributed by atoms with Crippen LogP contribution in [0, 0.1) is 5.92 Å². The summed E-state index contributed by atoms with van der Waals surface area (Å²) in [5, 5.41) is 14.6. The lowest BCUT2D eigenvalue weighted by Crippen LogP contribution is -2.49. The molecule has 0 aromatic heterocycles. The van der Waals surface area contributed by atoms with Crippen LogP contribution in [0.1, 0.15) is 39.5 Å². The Bertz CT molecular complexity index is 275. The highest BCUT2D eigenvalue weighted by molar-refractivity contribution is 5.82. The Morgan fingerprint density at radius 3 is 2.41 bits per heavy atom. The lowest BCUT2D eigenvalue weighted by atomic mass is 9.99. The largest absolute Gasteiger partial charge is 0.480 e. The first-order valence-electron chi connectivity index (χ1n) is 6.24. The zero-order valence-corrected chi connectivity index (χ0v) is 10.5. The van der Waals surface area contributed by atoms with Crippen molar-refractivity contribution in [1.29, 1.82) is 0 Å². The topological polar surface area (TPSA) is 78.4 Å². The van der Waals surface area contributed by atoms with Crippen LogP contribution in [0.3, 0.4) is 0 Å². The van der Waals surface area contributed by atoms with Gasteiger partial charge in [-0.2, -0.15) is 0 Å². The fraction of sp³-hybridized carbons (Fsp3) is 0.833. The molecule has 3 N–H and O–H groups in total. The Morgan fingerprint density at radius 1 is 1.35 bits per heavy atom. The minimum Gasteiger partial charge on any atom is -0.480 e. The fourth-order valence-corrected chi connectivity index (χ4v) is 2.37. The van der Waals surface area contributed by atoms with E-state index in [0.717, 1.165) is 0 Å². The predicted octanol–water partition coefficient (Wildman–Crippen LogP) is 0.744. The number of carbonyl (C=O) groups is 2. The van der Waals surface area contributed by atoms with Gasteiger partial charge in [-0.15, -0.1) is 0 Å². The second-order valence-electron chi connectivity index (χ2n) is 4.83. The summed E-state index contributed by atoms with van der Waals surface area (Å²) in [6.07, 6.45) is 4.97. The summed E-state index contributed by atoms with van der Waals surface area (Å²) in [7, 11) is 0. The van der Waals surface area contributed by atoms with E-state index in [1.54, 1.807) is 0 Å². The van der Waals surface area contributed by atoms with Gasteiger partial charge in [-0.1, -0.05) is 12.8 Å². The number of carboxylic acid groups (broad SMARTS) is 1. The normalized spacial score (nSPS) is 19.9. The fourth-order valence-electron chi connectivity index (χ4n) is 2.37. The summed E-state index contributed by atoms with van der Waals surface area (Å²) in [6.45, 7) is 3.70. The molecule has 1 saturated carbocycles. The highest BCUT2D eigenvalue weighted by Crippen LogP contribution is 2.27. The van der Waals surface area contributed by atoms with Crippen LogP contribution in [-0.2, 0) is 9.59 Å². The Hall–Kier alpha value is -1.10. The number of hydrogen-bond acceptors (Lipinski definition) is 3. The lowest BCUT2D eigenvalue weighted by molar-refractivity contribution is -0.141. The molecule has 1 fully saturated rings. The summed E-state index contributed by atoms with van der Waals surface area (Å²) < 4.78 is 0. The van der Waals surface area contributed by atoms with Crippen LogP contribution < -0.4 is 10.6 Å². The monoisotopic (exact) mass is 242 g/mol. The SMILES string of the molecule is CC(=O)NC(CN[C@H](C)C1CCCC1)C(=O)O. The van der Waals surface area contributed by atoms with Gasteiger partial charge < -0.3 is 15.7 Å². The van der Waals surface area contributed by atoms with Crippen LogP contribution >= 0.6 is 0 Å². The van der Waals surface area contributed by atoms with E-state index in [0.29, 0.717) is 12.0 Å². The first-order chi connectivity index (χ1) is 8.00. The van der Waals surface area contributed by atoms with E-state index in [9.17, 15) is 9.59 Å². The zero-order chi connectivity index (χ0) is 12.8. The molecule has 0 aromatic carbocycles. The Kier molecular flexibility index (Phi) is 5.41. The van der Waals surface area contributed by atoms with Gasteiger partial charge in [-0.3, -0.25) is 4.79 Å². The molecule has 98 valence electrons. The maximum absolute atomic E-state index is 10.9. The molecule has 5 nitrogen and oxygen atoms in total. The van der Waals surface area contributed by atoms with Crippen molar-refractivity contribution in [2.75, 3.05) is 6.54 Å². The first-order valence-corrected chi connectivity index (χ1v) is 6.24. The van der Waals surface area contributed by atoms with E-state index in [4.69, 9.17) is 5.11 Å². The molecule has 0 heterocycles. The molecule has 0 saturated heterocycles. The van der Waals surface area contributed by atoms with E-state index in [2.05, 4.69) is 17.6 Å². The van der Waals surface area contributed by atoms with Crippen molar-refractivity contribution in [1.82, 2.24) is 10.6 Å². The minimum atomic E-state index is -0.994. The summed E-state index contributed by atoms with van der Waals surface area (Å²) >= 11 is 0. The number of carboxylic acids is 1. The maximum Gasteiger partial charge on any atom is 0.327 e. The highest BCUT2D eigenvalue weighted by atomic mass is 16.4. The van der Waals surface area contributed by atoms with Crippen molar-refractivity contribution in [3.05, 3.63) is 0 Å². The molecule has 1 rings (SSSR count).